The highest BCUT2D eigenvalue weighted by molar-refractivity contribution is 7.22. The molecule has 0 unspecified atom stereocenters. The molecule has 0 bridgehead atoms. The van der Waals surface area contributed by atoms with E-state index >= 15 is 0 Å². The van der Waals surface area contributed by atoms with Gasteiger partial charge in [-0.2, -0.15) is 0 Å². The van der Waals surface area contributed by atoms with E-state index in [1.807, 2.05) is 30.0 Å². The largest absolute Gasteiger partial charge is 0.342 e. The number of carbonyl (C=O) groups is 2. The van der Waals surface area contributed by atoms with Crippen LogP contribution < -0.4 is 5.32 Å². The van der Waals surface area contributed by atoms with E-state index in [0.717, 1.165) is 48.1 Å². The third-order valence-electron chi connectivity index (χ3n) is 3.99. The lowest BCUT2D eigenvalue weighted by Gasteiger charge is -2.14. The van der Waals surface area contributed by atoms with Crippen molar-refractivity contribution in [3.05, 3.63) is 23.8 Å². The molecule has 1 aromatic carbocycles. The fourth-order valence-corrected chi connectivity index (χ4v) is 3.74. The van der Waals surface area contributed by atoms with Crippen LogP contribution in [0.5, 0.6) is 0 Å². The molecule has 0 radical (unpaired) electrons. The number of thiazole rings is 1. The van der Waals surface area contributed by atoms with Gasteiger partial charge in [0.1, 0.15) is 0 Å². The Morgan fingerprint density at radius 2 is 2.09 bits per heavy atom. The normalized spacial score (nSPS) is 14.4. The monoisotopic (exact) mass is 331 g/mol. The first-order valence-electron chi connectivity index (χ1n) is 8.13. The molecule has 1 N–H and O–H groups in total. The van der Waals surface area contributed by atoms with Gasteiger partial charge in [-0.05, 0) is 37.0 Å². The Hall–Kier alpha value is -1.95. The van der Waals surface area contributed by atoms with Crippen LogP contribution in [-0.4, -0.2) is 34.8 Å². The third kappa shape index (κ3) is 3.88. The van der Waals surface area contributed by atoms with Gasteiger partial charge in [0, 0.05) is 19.5 Å². The second kappa shape index (κ2) is 7.08. The highest BCUT2D eigenvalue weighted by Crippen LogP contribution is 2.27. The molecule has 2 aromatic rings. The predicted molar refractivity (Wildman–Crippen MR) is 92.7 cm³/mol. The number of nitrogens with zero attached hydrogens (tertiary/aromatic N) is 2. The SMILES string of the molecule is CCCC(=O)Nc1nc2ccc(CC(=O)N3CCCC3)cc2s1. The lowest BCUT2D eigenvalue weighted by Crippen LogP contribution is -2.28. The highest BCUT2D eigenvalue weighted by atomic mass is 32.1. The Morgan fingerprint density at radius 1 is 1.30 bits per heavy atom. The number of rotatable bonds is 5. The van der Waals surface area contributed by atoms with E-state index in [4.69, 9.17) is 0 Å². The van der Waals surface area contributed by atoms with Gasteiger partial charge in [0.2, 0.25) is 11.8 Å². The topological polar surface area (TPSA) is 62.3 Å². The molecule has 23 heavy (non-hydrogen) atoms. The predicted octanol–water partition coefficient (Wildman–Crippen LogP) is 3.20. The van der Waals surface area contributed by atoms with E-state index in [-0.39, 0.29) is 11.8 Å². The van der Waals surface area contributed by atoms with Crippen LogP contribution in [0.2, 0.25) is 0 Å². The van der Waals surface area contributed by atoms with E-state index in [1.165, 1.54) is 11.3 Å². The second-order valence-corrected chi connectivity index (χ2v) is 6.91. The summed E-state index contributed by atoms with van der Waals surface area (Å²) in [7, 11) is 0. The Balaban J connectivity index is 1.71. The van der Waals surface area contributed by atoms with Gasteiger partial charge in [-0.25, -0.2) is 4.98 Å². The highest BCUT2D eigenvalue weighted by Gasteiger charge is 2.18. The maximum absolute atomic E-state index is 12.2. The van der Waals surface area contributed by atoms with E-state index in [1.54, 1.807) is 0 Å². The lowest BCUT2D eigenvalue weighted by molar-refractivity contribution is -0.129. The van der Waals surface area contributed by atoms with Gasteiger partial charge in [0.25, 0.3) is 0 Å². The summed E-state index contributed by atoms with van der Waals surface area (Å²) in [6, 6.07) is 5.89. The van der Waals surface area contributed by atoms with Gasteiger partial charge < -0.3 is 10.2 Å². The molecule has 6 heteroatoms. The van der Waals surface area contributed by atoms with Crippen molar-refractivity contribution in [3.8, 4) is 0 Å². The molecule has 122 valence electrons. The fraction of sp³-hybridized carbons (Fsp3) is 0.471. The van der Waals surface area contributed by atoms with E-state index < -0.39 is 0 Å². The Labute approximate surface area is 139 Å². The van der Waals surface area contributed by atoms with Gasteiger partial charge >= 0.3 is 0 Å². The fourth-order valence-electron chi connectivity index (χ4n) is 2.79. The maximum Gasteiger partial charge on any atom is 0.226 e. The van der Waals surface area contributed by atoms with Crippen LogP contribution in [0.3, 0.4) is 0 Å². The molecule has 1 aliphatic heterocycles. The van der Waals surface area contributed by atoms with Crippen LogP contribution in [0.1, 0.15) is 38.2 Å². The summed E-state index contributed by atoms with van der Waals surface area (Å²) in [5.74, 6) is 0.193. The molecule has 0 spiro atoms. The number of hydrogen-bond acceptors (Lipinski definition) is 4. The van der Waals surface area contributed by atoms with Gasteiger partial charge in [-0.3, -0.25) is 9.59 Å². The molecule has 0 atom stereocenters. The molecule has 1 aliphatic rings. The molecule has 0 saturated carbocycles. The zero-order valence-corrected chi connectivity index (χ0v) is 14.1. The smallest absolute Gasteiger partial charge is 0.226 e. The molecule has 5 nitrogen and oxygen atoms in total. The van der Waals surface area contributed by atoms with Crippen LogP contribution in [0.25, 0.3) is 10.2 Å². The Morgan fingerprint density at radius 3 is 2.83 bits per heavy atom. The van der Waals surface area contributed by atoms with E-state index in [9.17, 15) is 9.59 Å². The number of carbonyl (C=O) groups excluding carboxylic acids is 2. The first kappa shape index (κ1) is 15.9. The van der Waals surface area contributed by atoms with Crippen molar-refractivity contribution in [2.75, 3.05) is 18.4 Å². The zero-order chi connectivity index (χ0) is 16.2. The summed E-state index contributed by atoms with van der Waals surface area (Å²) in [4.78, 5) is 30.2. The van der Waals surface area contributed by atoms with Crippen molar-refractivity contribution in [1.82, 2.24) is 9.88 Å². The standard InChI is InChI=1S/C17H21N3O2S/c1-2-5-15(21)19-17-18-13-7-6-12(10-14(13)23-17)11-16(22)20-8-3-4-9-20/h6-7,10H,2-5,8-9,11H2,1H3,(H,18,19,21). The molecular formula is C17H21N3O2S. The van der Waals surface area contributed by atoms with Crippen LogP contribution in [0, 0.1) is 0 Å². The lowest BCUT2D eigenvalue weighted by atomic mass is 10.1. The van der Waals surface area contributed by atoms with E-state index in [2.05, 4.69) is 10.3 Å². The average Bonchev–Trinajstić information content (AvgIpc) is 3.15. The summed E-state index contributed by atoms with van der Waals surface area (Å²) in [6.07, 6.45) is 3.98. The molecule has 2 heterocycles. The number of anilines is 1. The number of hydrogen-bond donors (Lipinski definition) is 1. The Kier molecular flexibility index (Phi) is 4.91. The quantitative estimate of drug-likeness (QED) is 0.915. The van der Waals surface area contributed by atoms with Gasteiger partial charge in [0.05, 0.1) is 16.6 Å². The summed E-state index contributed by atoms with van der Waals surface area (Å²) in [5, 5.41) is 3.46. The first-order chi connectivity index (χ1) is 11.2. The minimum atomic E-state index is -0.00371. The number of likely N-dealkylation sites (tertiary alicyclic amines) is 1. The van der Waals surface area contributed by atoms with E-state index in [0.29, 0.717) is 18.0 Å². The molecule has 3 rings (SSSR count). The van der Waals surface area contributed by atoms with Crippen molar-refractivity contribution in [2.45, 2.75) is 39.0 Å². The average molecular weight is 331 g/mol. The van der Waals surface area contributed by atoms with Crippen molar-refractivity contribution in [3.63, 3.8) is 0 Å². The van der Waals surface area contributed by atoms with Crippen molar-refractivity contribution >= 4 is 38.5 Å². The number of aromatic nitrogens is 1. The molecular weight excluding hydrogens is 310 g/mol. The third-order valence-corrected chi connectivity index (χ3v) is 4.92. The summed E-state index contributed by atoms with van der Waals surface area (Å²) in [6.45, 7) is 3.74. The number of nitrogens with one attached hydrogen (secondary N) is 1. The summed E-state index contributed by atoms with van der Waals surface area (Å²) >= 11 is 1.46. The molecule has 1 saturated heterocycles. The van der Waals surface area contributed by atoms with Gasteiger partial charge in [-0.15, -0.1) is 0 Å². The number of amides is 2. The Bertz CT molecular complexity index is 720. The second-order valence-electron chi connectivity index (χ2n) is 5.88. The molecule has 0 aliphatic carbocycles. The van der Waals surface area contributed by atoms with Crippen LogP contribution in [0.4, 0.5) is 5.13 Å². The summed E-state index contributed by atoms with van der Waals surface area (Å²) in [5.41, 5.74) is 1.86. The van der Waals surface area contributed by atoms with Crippen molar-refractivity contribution in [1.29, 1.82) is 0 Å². The van der Waals surface area contributed by atoms with Crippen molar-refractivity contribution < 1.29 is 9.59 Å². The molecule has 1 fully saturated rings. The minimum Gasteiger partial charge on any atom is -0.342 e. The molecule has 2 amide bonds. The minimum absolute atomic E-state index is 0.00371. The van der Waals surface area contributed by atoms with Crippen molar-refractivity contribution in [2.24, 2.45) is 0 Å². The zero-order valence-electron chi connectivity index (χ0n) is 13.3. The number of benzene rings is 1. The van der Waals surface area contributed by atoms with Crippen LogP contribution in [-0.2, 0) is 16.0 Å². The van der Waals surface area contributed by atoms with Gasteiger partial charge in [-0.1, -0.05) is 24.3 Å². The summed E-state index contributed by atoms with van der Waals surface area (Å²) < 4.78 is 1.00. The first-order valence-corrected chi connectivity index (χ1v) is 8.94. The maximum atomic E-state index is 12.2. The van der Waals surface area contributed by atoms with Crippen LogP contribution in [0.15, 0.2) is 18.2 Å². The van der Waals surface area contributed by atoms with Gasteiger partial charge in [0.15, 0.2) is 5.13 Å². The molecule has 1 aromatic heterocycles. The van der Waals surface area contributed by atoms with Crippen LogP contribution >= 0.6 is 11.3 Å². The number of fused-ring (bicyclic) bond motifs is 1.